The van der Waals surface area contributed by atoms with Gasteiger partial charge in [0.25, 0.3) is 11.6 Å². The zero-order chi connectivity index (χ0) is 16.0. The first-order valence-corrected chi connectivity index (χ1v) is 6.56. The highest BCUT2D eigenvalue weighted by molar-refractivity contribution is 5.96. The first-order valence-electron chi connectivity index (χ1n) is 6.56. The number of anilines is 1. The number of hydrogen-bond acceptors (Lipinski definition) is 5. The molecule has 0 fully saturated rings. The minimum Gasteiger partial charge on any atom is -0.383 e. The highest BCUT2D eigenvalue weighted by Gasteiger charge is 2.22. The van der Waals surface area contributed by atoms with Crippen LogP contribution in [0.1, 0.15) is 30.6 Å². The molecule has 0 aliphatic carbocycles. The van der Waals surface area contributed by atoms with Gasteiger partial charge in [0, 0.05) is 31.3 Å². The van der Waals surface area contributed by atoms with E-state index >= 15 is 0 Å². The van der Waals surface area contributed by atoms with Crippen molar-refractivity contribution < 1.29 is 9.72 Å². The Bertz CT molecular complexity index is 578. The summed E-state index contributed by atoms with van der Waals surface area (Å²) in [5.41, 5.74) is 0.448. The molecule has 0 aliphatic rings. The number of rotatable bonds is 6. The number of nitrogens with one attached hydrogen (secondary N) is 1. The Hall–Kier alpha value is -2.62. The molecule has 1 N–H and O–H groups in total. The zero-order valence-corrected chi connectivity index (χ0v) is 12.3. The summed E-state index contributed by atoms with van der Waals surface area (Å²) in [5.74, 6) is -0.314. The lowest BCUT2D eigenvalue weighted by atomic mass is 10.1. The molecule has 0 atom stereocenters. The van der Waals surface area contributed by atoms with Gasteiger partial charge in [-0.25, -0.2) is 0 Å². The SMILES string of the molecule is CNc1ccc(C(=O)N(CCC#N)C(C)C)cc1[N+](=O)[O-]. The highest BCUT2D eigenvalue weighted by Crippen LogP contribution is 2.26. The van der Waals surface area contributed by atoms with E-state index in [0.717, 1.165) is 0 Å². The van der Waals surface area contributed by atoms with Crippen LogP contribution in [0.4, 0.5) is 11.4 Å². The molecule has 1 aromatic rings. The molecule has 0 bridgehead atoms. The van der Waals surface area contributed by atoms with Gasteiger partial charge in [0.15, 0.2) is 0 Å². The molecule has 0 heterocycles. The van der Waals surface area contributed by atoms with E-state index in [1.807, 2.05) is 19.9 Å². The maximum atomic E-state index is 12.4. The van der Waals surface area contributed by atoms with Crippen molar-refractivity contribution in [2.45, 2.75) is 26.3 Å². The van der Waals surface area contributed by atoms with Gasteiger partial charge in [-0.05, 0) is 26.0 Å². The molecule has 1 aromatic carbocycles. The van der Waals surface area contributed by atoms with Crippen molar-refractivity contribution >= 4 is 17.3 Å². The zero-order valence-electron chi connectivity index (χ0n) is 12.3. The van der Waals surface area contributed by atoms with Gasteiger partial charge in [0.1, 0.15) is 5.69 Å². The van der Waals surface area contributed by atoms with Gasteiger partial charge >= 0.3 is 0 Å². The summed E-state index contributed by atoms with van der Waals surface area (Å²) in [4.78, 5) is 24.5. The summed E-state index contributed by atoms with van der Waals surface area (Å²) in [5, 5.41) is 22.4. The van der Waals surface area contributed by atoms with Gasteiger partial charge in [0.05, 0.1) is 17.4 Å². The molecule has 0 saturated carbocycles. The fourth-order valence-corrected chi connectivity index (χ4v) is 1.96. The summed E-state index contributed by atoms with van der Waals surface area (Å²) in [6.45, 7) is 3.98. The van der Waals surface area contributed by atoms with Crippen molar-refractivity contribution in [3.05, 3.63) is 33.9 Å². The minimum atomic E-state index is -0.530. The number of carbonyl (C=O) groups is 1. The van der Waals surface area contributed by atoms with E-state index in [4.69, 9.17) is 5.26 Å². The van der Waals surface area contributed by atoms with Crippen LogP contribution in [0.25, 0.3) is 0 Å². The van der Waals surface area contributed by atoms with E-state index in [0.29, 0.717) is 12.2 Å². The van der Waals surface area contributed by atoms with Crippen molar-refractivity contribution in [3.63, 3.8) is 0 Å². The normalized spacial score (nSPS) is 10.0. The third kappa shape index (κ3) is 3.92. The Morgan fingerprint density at radius 1 is 1.52 bits per heavy atom. The van der Waals surface area contributed by atoms with Crippen LogP contribution in [0.2, 0.25) is 0 Å². The number of carbonyl (C=O) groups excluding carboxylic acids is 1. The molecule has 1 amide bonds. The third-order valence-electron chi connectivity index (χ3n) is 3.06. The van der Waals surface area contributed by atoms with Crippen LogP contribution < -0.4 is 5.32 Å². The van der Waals surface area contributed by atoms with Crippen LogP contribution in [-0.4, -0.2) is 35.4 Å². The van der Waals surface area contributed by atoms with E-state index in [9.17, 15) is 14.9 Å². The van der Waals surface area contributed by atoms with E-state index in [2.05, 4.69) is 5.32 Å². The molecule has 0 aromatic heterocycles. The fraction of sp³-hybridized carbons (Fsp3) is 0.429. The summed E-state index contributed by atoms with van der Waals surface area (Å²) in [7, 11) is 1.58. The van der Waals surface area contributed by atoms with Crippen LogP contribution >= 0.6 is 0 Å². The molecule has 7 heteroatoms. The van der Waals surface area contributed by atoms with Crippen molar-refractivity contribution in [3.8, 4) is 6.07 Å². The first-order chi connectivity index (χ1) is 9.92. The standard InChI is InChI=1S/C14H18N4O3/c1-10(2)17(8-4-7-15)14(19)11-5-6-12(16-3)13(9-11)18(20)21/h5-6,9-10,16H,4,8H2,1-3H3. The molecular weight excluding hydrogens is 272 g/mol. The quantitative estimate of drug-likeness (QED) is 0.640. The van der Waals surface area contributed by atoms with E-state index in [1.165, 1.54) is 17.0 Å². The van der Waals surface area contributed by atoms with Gasteiger partial charge in [0.2, 0.25) is 0 Å². The minimum absolute atomic E-state index is 0.0890. The maximum Gasteiger partial charge on any atom is 0.293 e. The van der Waals surface area contributed by atoms with Crippen LogP contribution in [0.3, 0.4) is 0 Å². The summed E-state index contributed by atoms with van der Waals surface area (Å²) < 4.78 is 0. The molecule has 7 nitrogen and oxygen atoms in total. The second-order valence-corrected chi connectivity index (χ2v) is 4.74. The number of nitro benzene ring substituents is 1. The summed E-state index contributed by atoms with van der Waals surface area (Å²) in [6.07, 6.45) is 0.223. The topological polar surface area (TPSA) is 99.3 Å². The number of nitro groups is 1. The Morgan fingerprint density at radius 3 is 2.67 bits per heavy atom. The lowest BCUT2D eigenvalue weighted by Gasteiger charge is -2.25. The smallest absolute Gasteiger partial charge is 0.293 e. The Morgan fingerprint density at radius 2 is 2.19 bits per heavy atom. The van der Waals surface area contributed by atoms with Gasteiger partial charge in [-0.3, -0.25) is 14.9 Å². The summed E-state index contributed by atoms with van der Waals surface area (Å²) >= 11 is 0. The van der Waals surface area contributed by atoms with Crippen molar-refractivity contribution in [2.24, 2.45) is 0 Å². The predicted octanol–water partition coefficient (Wildman–Crippen LogP) is 2.40. The van der Waals surface area contributed by atoms with Gasteiger partial charge in [-0.2, -0.15) is 5.26 Å². The fourth-order valence-electron chi connectivity index (χ4n) is 1.96. The molecular formula is C14H18N4O3. The summed E-state index contributed by atoms with van der Waals surface area (Å²) in [6, 6.07) is 6.22. The third-order valence-corrected chi connectivity index (χ3v) is 3.06. The van der Waals surface area contributed by atoms with Crippen molar-refractivity contribution in [2.75, 3.05) is 18.9 Å². The van der Waals surface area contributed by atoms with Crippen molar-refractivity contribution in [1.82, 2.24) is 4.90 Å². The van der Waals surface area contributed by atoms with Crippen LogP contribution in [0, 0.1) is 21.4 Å². The average Bonchev–Trinajstić information content (AvgIpc) is 2.46. The molecule has 0 spiro atoms. The number of nitrogens with zero attached hydrogens (tertiary/aromatic N) is 3. The molecule has 0 aliphatic heterocycles. The van der Waals surface area contributed by atoms with E-state index < -0.39 is 4.92 Å². The first kappa shape index (κ1) is 16.4. The number of hydrogen-bond donors (Lipinski definition) is 1. The Labute approximate surface area is 123 Å². The Kier molecular flexibility index (Phi) is 5.67. The largest absolute Gasteiger partial charge is 0.383 e. The molecule has 0 saturated heterocycles. The van der Waals surface area contributed by atoms with E-state index in [1.54, 1.807) is 13.1 Å². The van der Waals surface area contributed by atoms with E-state index in [-0.39, 0.29) is 29.6 Å². The molecule has 112 valence electrons. The van der Waals surface area contributed by atoms with Gasteiger partial charge in [-0.1, -0.05) is 0 Å². The van der Waals surface area contributed by atoms with Crippen LogP contribution in [-0.2, 0) is 0 Å². The molecule has 0 radical (unpaired) electrons. The lowest BCUT2D eigenvalue weighted by Crippen LogP contribution is -2.37. The second-order valence-electron chi connectivity index (χ2n) is 4.74. The number of amides is 1. The maximum absolute atomic E-state index is 12.4. The van der Waals surface area contributed by atoms with Crippen LogP contribution in [0.15, 0.2) is 18.2 Å². The van der Waals surface area contributed by atoms with Gasteiger partial charge < -0.3 is 10.2 Å². The Balaban J connectivity index is 3.14. The lowest BCUT2D eigenvalue weighted by molar-refractivity contribution is -0.384. The molecule has 0 unspecified atom stereocenters. The monoisotopic (exact) mass is 290 g/mol. The highest BCUT2D eigenvalue weighted by atomic mass is 16.6. The predicted molar refractivity (Wildman–Crippen MR) is 79.0 cm³/mol. The van der Waals surface area contributed by atoms with Crippen LogP contribution in [0.5, 0.6) is 0 Å². The number of benzene rings is 1. The van der Waals surface area contributed by atoms with Crippen molar-refractivity contribution in [1.29, 1.82) is 5.26 Å². The number of nitriles is 1. The molecule has 21 heavy (non-hydrogen) atoms. The molecule has 1 rings (SSSR count). The second kappa shape index (κ2) is 7.24. The average molecular weight is 290 g/mol. The van der Waals surface area contributed by atoms with Gasteiger partial charge in [-0.15, -0.1) is 0 Å².